The van der Waals surface area contributed by atoms with E-state index in [9.17, 15) is 13.2 Å². The lowest BCUT2D eigenvalue weighted by Gasteiger charge is -2.16. The summed E-state index contributed by atoms with van der Waals surface area (Å²) in [6.45, 7) is 0.800. The first-order valence-corrected chi connectivity index (χ1v) is 8.75. The average Bonchev–Trinajstić information content (AvgIpc) is 2.76. The lowest BCUT2D eigenvalue weighted by molar-refractivity contribution is -0.128. The van der Waals surface area contributed by atoms with Gasteiger partial charge in [-0.3, -0.25) is 9.78 Å². The fourth-order valence-electron chi connectivity index (χ4n) is 2.84. The topological polar surface area (TPSA) is 93.4 Å². The highest BCUT2D eigenvalue weighted by Crippen LogP contribution is 2.21. The molecule has 1 aliphatic heterocycles. The number of benzene rings is 1. The van der Waals surface area contributed by atoms with Crippen LogP contribution in [0, 0.1) is 5.92 Å². The van der Waals surface area contributed by atoms with Crippen molar-refractivity contribution in [1.29, 1.82) is 0 Å². The van der Waals surface area contributed by atoms with Gasteiger partial charge < -0.3 is 4.90 Å². The number of nitrogens with two attached hydrogens (primary N) is 1. The number of pyridine rings is 1. The third kappa shape index (κ3) is 3.42. The molecule has 0 radical (unpaired) electrons. The maximum atomic E-state index is 12.0. The van der Waals surface area contributed by atoms with E-state index < -0.39 is 10.0 Å². The van der Waals surface area contributed by atoms with E-state index in [1.54, 1.807) is 4.90 Å². The zero-order valence-electron chi connectivity index (χ0n) is 12.0. The zero-order chi connectivity index (χ0) is 15.7. The van der Waals surface area contributed by atoms with Crippen LogP contribution in [0.25, 0.3) is 10.9 Å². The molecule has 1 aromatic heterocycles. The highest BCUT2D eigenvalue weighted by Gasteiger charge is 2.32. The van der Waals surface area contributed by atoms with Crippen LogP contribution in [0.1, 0.15) is 12.1 Å². The summed E-state index contributed by atoms with van der Waals surface area (Å²) in [7, 11) is -3.55. The Morgan fingerprint density at radius 2 is 2.00 bits per heavy atom. The maximum Gasteiger partial charge on any atom is 0.223 e. The lowest BCUT2D eigenvalue weighted by Crippen LogP contribution is -2.27. The summed E-state index contributed by atoms with van der Waals surface area (Å²) in [5.41, 5.74) is 1.68. The van der Waals surface area contributed by atoms with Crippen molar-refractivity contribution >= 4 is 26.8 Å². The maximum absolute atomic E-state index is 12.0. The molecule has 7 heteroatoms. The Kier molecular flexibility index (Phi) is 3.84. The Labute approximate surface area is 129 Å². The summed E-state index contributed by atoms with van der Waals surface area (Å²) in [4.78, 5) is 18.2. The fourth-order valence-corrected chi connectivity index (χ4v) is 3.72. The summed E-state index contributed by atoms with van der Waals surface area (Å²) in [5, 5.41) is 6.10. The number of nitrogens with zero attached hydrogens (tertiary/aromatic N) is 2. The minimum absolute atomic E-state index is 0.0522. The molecule has 1 fully saturated rings. The van der Waals surface area contributed by atoms with E-state index in [0.717, 1.165) is 16.6 Å². The molecule has 1 saturated heterocycles. The summed E-state index contributed by atoms with van der Waals surface area (Å²) in [6, 6.07) is 11.6. The number of sulfonamides is 1. The molecule has 2 heterocycles. The van der Waals surface area contributed by atoms with E-state index >= 15 is 0 Å². The van der Waals surface area contributed by atoms with Gasteiger partial charge in [0.15, 0.2) is 0 Å². The van der Waals surface area contributed by atoms with Crippen LogP contribution in [-0.2, 0) is 21.4 Å². The highest BCUT2D eigenvalue weighted by atomic mass is 32.2. The molecule has 1 aliphatic rings. The molecule has 1 unspecified atom stereocenters. The number of hydrogen-bond acceptors (Lipinski definition) is 4. The van der Waals surface area contributed by atoms with Gasteiger partial charge in [-0.25, -0.2) is 13.6 Å². The average molecular weight is 319 g/mol. The Hall–Kier alpha value is -1.99. The number of hydrogen-bond donors (Lipinski definition) is 1. The van der Waals surface area contributed by atoms with Crippen molar-refractivity contribution in [3.8, 4) is 0 Å². The van der Waals surface area contributed by atoms with Crippen molar-refractivity contribution in [3.05, 3.63) is 42.1 Å². The van der Waals surface area contributed by atoms with Crippen LogP contribution >= 0.6 is 0 Å². The van der Waals surface area contributed by atoms with Crippen LogP contribution in [0.5, 0.6) is 0 Å². The third-order valence-electron chi connectivity index (χ3n) is 3.77. The van der Waals surface area contributed by atoms with Gasteiger partial charge in [0.1, 0.15) is 0 Å². The minimum atomic E-state index is -3.55. The van der Waals surface area contributed by atoms with Gasteiger partial charge in [-0.05, 0) is 12.1 Å². The second-order valence-electron chi connectivity index (χ2n) is 5.67. The van der Waals surface area contributed by atoms with E-state index in [2.05, 4.69) is 4.98 Å². The molecular formula is C15H17N3O3S. The number of primary sulfonamides is 1. The number of likely N-dealkylation sites (tertiary alicyclic amines) is 1. The molecule has 116 valence electrons. The van der Waals surface area contributed by atoms with Gasteiger partial charge >= 0.3 is 0 Å². The third-order valence-corrected chi connectivity index (χ3v) is 4.71. The lowest BCUT2D eigenvalue weighted by atomic mass is 10.1. The summed E-state index contributed by atoms with van der Waals surface area (Å²) < 4.78 is 22.3. The number of para-hydroxylation sites is 1. The molecule has 0 saturated carbocycles. The van der Waals surface area contributed by atoms with Gasteiger partial charge in [0.05, 0.1) is 23.5 Å². The second kappa shape index (κ2) is 5.66. The van der Waals surface area contributed by atoms with Crippen molar-refractivity contribution in [1.82, 2.24) is 9.88 Å². The van der Waals surface area contributed by atoms with Crippen LogP contribution in [-0.4, -0.2) is 36.5 Å². The largest absolute Gasteiger partial charge is 0.336 e. The number of aromatic nitrogens is 1. The molecule has 3 rings (SSSR count). The molecule has 1 atom stereocenters. The molecule has 22 heavy (non-hydrogen) atoms. The molecule has 0 bridgehead atoms. The first-order chi connectivity index (χ1) is 10.4. The van der Waals surface area contributed by atoms with E-state index in [1.807, 2.05) is 36.4 Å². The Morgan fingerprint density at radius 3 is 2.77 bits per heavy atom. The standard InChI is InChI=1S/C15H17N3O3S/c16-22(20,21)10-11-7-15(19)18(8-11)9-13-6-5-12-3-1-2-4-14(12)17-13/h1-6,11H,7-10H2,(H2,16,20,21). The van der Waals surface area contributed by atoms with E-state index in [4.69, 9.17) is 5.14 Å². The monoisotopic (exact) mass is 319 g/mol. The fraction of sp³-hybridized carbons (Fsp3) is 0.333. The van der Waals surface area contributed by atoms with Crippen LogP contribution in [0.2, 0.25) is 0 Å². The number of carbonyl (C=O) groups excluding carboxylic acids is 1. The highest BCUT2D eigenvalue weighted by molar-refractivity contribution is 7.89. The van der Waals surface area contributed by atoms with Gasteiger partial charge in [-0.15, -0.1) is 0 Å². The molecule has 1 aromatic carbocycles. The first-order valence-electron chi connectivity index (χ1n) is 7.03. The van der Waals surface area contributed by atoms with E-state index in [1.165, 1.54) is 0 Å². The van der Waals surface area contributed by atoms with Gasteiger partial charge in [-0.2, -0.15) is 0 Å². The SMILES string of the molecule is NS(=O)(=O)CC1CC(=O)N(Cc2ccc3ccccc3n2)C1. The van der Waals surface area contributed by atoms with Gasteiger partial charge in [-0.1, -0.05) is 24.3 Å². The first kappa shape index (κ1) is 14.9. The normalized spacial score (nSPS) is 19.0. The molecule has 6 nitrogen and oxygen atoms in total. The number of fused-ring (bicyclic) bond motifs is 1. The van der Waals surface area contributed by atoms with Gasteiger partial charge in [0, 0.05) is 24.3 Å². The van der Waals surface area contributed by atoms with Crippen LogP contribution < -0.4 is 5.14 Å². The Bertz CT molecular complexity index is 820. The van der Waals surface area contributed by atoms with E-state index in [0.29, 0.717) is 13.1 Å². The van der Waals surface area contributed by atoms with Gasteiger partial charge in [0.25, 0.3) is 0 Å². The van der Waals surface area contributed by atoms with Gasteiger partial charge in [0.2, 0.25) is 15.9 Å². The predicted molar refractivity (Wildman–Crippen MR) is 83.2 cm³/mol. The molecule has 0 aliphatic carbocycles. The summed E-state index contributed by atoms with van der Waals surface area (Å²) in [6.07, 6.45) is 0.226. The van der Waals surface area contributed by atoms with Crippen LogP contribution in [0.15, 0.2) is 36.4 Å². The van der Waals surface area contributed by atoms with Crippen molar-refractivity contribution in [3.63, 3.8) is 0 Å². The molecule has 0 spiro atoms. The van der Waals surface area contributed by atoms with Crippen molar-refractivity contribution in [2.45, 2.75) is 13.0 Å². The van der Waals surface area contributed by atoms with E-state index in [-0.39, 0.29) is 24.0 Å². The minimum Gasteiger partial charge on any atom is -0.336 e. The number of amides is 1. The van der Waals surface area contributed by atoms with Crippen LogP contribution in [0.4, 0.5) is 0 Å². The Morgan fingerprint density at radius 1 is 1.23 bits per heavy atom. The Balaban J connectivity index is 1.73. The predicted octanol–water partition coefficient (Wildman–Crippen LogP) is 0.872. The second-order valence-corrected chi connectivity index (χ2v) is 7.33. The molecule has 2 aromatic rings. The summed E-state index contributed by atoms with van der Waals surface area (Å²) >= 11 is 0. The number of rotatable bonds is 4. The zero-order valence-corrected chi connectivity index (χ0v) is 12.8. The quantitative estimate of drug-likeness (QED) is 0.905. The molecular weight excluding hydrogens is 302 g/mol. The number of carbonyl (C=O) groups is 1. The smallest absolute Gasteiger partial charge is 0.223 e. The summed E-state index contributed by atoms with van der Waals surface area (Å²) in [5.74, 6) is -0.438. The molecule has 2 N–H and O–H groups in total. The van der Waals surface area contributed by atoms with Crippen molar-refractivity contribution in [2.24, 2.45) is 11.1 Å². The van der Waals surface area contributed by atoms with Crippen LogP contribution in [0.3, 0.4) is 0 Å². The van der Waals surface area contributed by atoms with Crippen molar-refractivity contribution in [2.75, 3.05) is 12.3 Å². The van der Waals surface area contributed by atoms with Crippen molar-refractivity contribution < 1.29 is 13.2 Å². The molecule has 1 amide bonds.